The van der Waals surface area contributed by atoms with Gasteiger partial charge < -0.3 is 24.1 Å². The Morgan fingerprint density at radius 2 is 1.13 bits per heavy atom. The molecule has 1 aromatic carbocycles. The van der Waals surface area contributed by atoms with Gasteiger partial charge in [0.1, 0.15) is 0 Å². The molecule has 11 rings (SSSR count). The molecular formula is C60H82O8. The fourth-order valence-corrected chi connectivity index (χ4v) is 19.8. The van der Waals surface area contributed by atoms with E-state index < -0.39 is 28.0 Å². The largest absolute Gasteiger partial charge is 0.471 e. The smallest absolute Gasteiger partial charge is 0.317 e. The van der Waals surface area contributed by atoms with Crippen molar-refractivity contribution < 1.29 is 38.4 Å². The third kappa shape index (κ3) is 5.31. The number of hydrogen-bond acceptors (Lipinski definition) is 8. The molecular weight excluding hydrogens is 849 g/mol. The van der Waals surface area contributed by atoms with Crippen LogP contribution in [-0.2, 0) is 29.3 Å². The average molecular weight is 931 g/mol. The minimum Gasteiger partial charge on any atom is -0.471 e. The number of esters is 2. The molecule has 1 heterocycles. The molecule has 6 fully saturated rings. The second kappa shape index (κ2) is 13.8. The summed E-state index contributed by atoms with van der Waals surface area (Å²) in [4.78, 5) is 41.6. The lowest BCUT2D eigenvalue weighted by Gasteiger charge is -2.72. The van der Waals surface area contributed by atoms with Crippen LogP contribution in [-0.4, -0.2) is 48.4 Å². The summed E-state index contributed by atoms with van der Waals surface area (Å²) in [5, 5.41) is 12.8. The minimum atomic E-state index is -2.24. The van der Waals surface area contributed by atoms with Gasteiger partial charge in [-0.3, -0.25) is 14.4 Å². The molecule has 1 N–H and O–H groups in total. The topological polar surface area (TPSA) is 108 Å². The minimum absolute atomic E-state index is 0.0114. The number of ketones is 1. The van der Waals surface area contributed by atoms with Gasteiger partial charge in [-0.2, -0.15) is 0 Å². The number of hydrogen-bond donors (Lipinski definition) is 1. The van der Waals surface area contributed by atoms with Gasteiger partial charge in [0.2, 0.25) is 11.4 Å². The van der Waals surface area contributed by atoms with Crippen LogP contribution < -0.4 is 9.47 Å². The molecule has 68 heavy (non-hydrogen) atoms. The molecule has 0 radical (unpaired) electrons. The van der Waals surface area contributed by atoms with Crippen molar-refractivity contribution in [3.63, 3.8) is 0 Å². The molecule has 16 atom stereocenters. The van der Waals surface area contributed by atoms with E-state index in [0.717, 1.165) is 119 Å². The number of carbonyl (C=O) groups excluding carboxylic acids is 3. The van der Waals surface area contributed by atoms with Crippen LogP contribution >= 0.6 is 0 Å². The number of fused-ring (bicyclic) bond motifs is 17. The maximum Gasteiger partial charge on any atom is 0.317 e. The zero-order valence-electron chi connectivity index (χ0n) is 44.1. The Morgan fingerprint density at radius 1 is 0.632 bits per heavy atom. The van der Waals surface area contributed by atoms with Crippen molar-refractivity contribution in [3.8, 4) is 11.5 Å². The number of aliphatic hydroxyl groups is 1. The van der Waals surface area contributed by atoms with Gasteiger partial charge in [-0.25, -0.2) is 0 Å². The van der Waals surface area contributed by atoms with Crippen LogP contribution in [0.1, 0.15) is 189 Å². The Labute approximate surface area is 407 Å². The Balaban J connectivity index is 0.946. The summed E-state index contributed by atoms with van der Waals surface area (Å²) in [5.74, 6) is -0.504. The van der Waals surface area contributed by atoms with Crippen LogP contribution in [0.3, 0.4) is 0 Å². The molecule has 6 saturated carbocycles. The first-order valence-electron chi connectivity index (χ1n) is 26.7. The predicted molar refractivity (Wildman–Crippen MR) is 264 cm³/mol. The quantitative estimate of drug-likeness (QED) is 0.292. The van der Waals surface area contributed by atoms with Gasteiger partial charge in [0.05, 0.1) is 25.0 Å². The van der Waals surface area contributed by atoms with Crippen molar-refractivity contribution in [1.82, 2.24) is 0 Å². The molecule has 0 amide bonds. The molecule has 8 heteroatoms. The summed E-state index contributed by atoms with van der Waals surface area (Å²) in [6.07, 6.45) is 23.6. The van der Waals surface area contributed by atoms with Crippen molar-refractivity contribution in [1.29, 1.82) is 0 Å². The lowest BCUT2D eigenvalue weighted by Crippen LogP contribution is -2.71. The van der Waals surface area contributed by atoms with E-state index in [9.17, 15) is 19.5 Å². The van der Waals surface area contributed by atoms with E-state index >= 15 is 0 Å². The van der Waals surface area contributed by atoms with Crippen molar-refractivity contribution >= 4 is 23.8 Å². The average Bonchev–Trinajstić information content (AvgIpc) is 3.29. The molecule has 10 aliphatic rings. The lowest BCUT2D eigenvalue weighted by atomic mass is 9.32. The highest BCUT2D eigenvalue weighted by Gasteiger charge is 2.73. The molecule has 0 saturated heterocycles. The third-order valence-corrected chi connectivity index (χ3v) is 25.1. The molecule has 0 bridgehead atoms. The van der Waals surface area contributed by atoms with Crippen LogP contribution in [0.5, 0.6) is 11.5 Å². The normalized spacial score (nSPS) is 51.5. The van der Waals surface area contributed by atoms with Gasteiger partial charge in [0.15, 0.2) is 11.5 Å². The first-order chi connectivity index (χ1) is 31.6. The van der Waals surface area contributed by atoms with E-state index in [2.05, 4.69) is 100 Å². The Hall–Kier alpha value is -3.39. The zero-order valence-corrected chi connectivity index (χ0v) is 44.1. The molecule has 1 aliphatic heterocycles. The van der Waals surface area contributed by atoms with E-state index in [0.29, 0.717) is 23.3 Å². The molecule has 1 aromatic rings. The molecule has 0 aromatic heterocycles. The molecule has 9 aliphatic carbocycles. The second-order valence-electron chi connectivity index (χ2n) is 27.8. The number of allylic oxidation sites excluding steroid dienone is 2. The summed E-state index contributed by atoms with van der Waals surface area (Å²) in [6.45, 7) is 28.2. The fraction of sp³-hybridized carbons (Fsp3) is 0.750. The summed E-state index contributed by atoms with van der Waals surface area (Å²) >= 11 is 0. The van der Waals surface area contributed by atoms with Gasteiger partial charge in [-0.1, -0.05) is 73.6 Å². The van der Waals surface area contributed by atoms with Crippen LogP contribution in [0.4, 0.5) is 0 Å². The maximum atomic E-state index is 14.9. The van der Waals surface area contributed by atoms with Gasteiger partial charge in [-0.15, -0.1) is 0 Å². The Bertz CT molecular complexity index is 2550. The molecule has 3 unspecified atom stereocenters. The highest BCUT2D eigenvalue weighted by Crippen LogP contribution is 2.78. The second-order valence-corrected chi connectivity index (χ2v) is 27.8. The van der Waals surface area contributed by atoms with Crippen molar-refractivity contribution in [2.75, 3.05) is 14.2 Å². The SMILES string of the molecule is COC(=O)[C@]1(C)CC[C@]2(C)CC[C@]3(C)C4C=Cc5c(cc6c(c5C)O[C@@]5(O)C(=O)C=C7C(=CCC8[C@@]7(C)CC[C@@]7(C)[C@@H]9C[C@](C)(C(=O)OC)CC[C@]9(C)CC[C@]87C)[C@@]5(C)O6)[C@]4(C)CC[C@@]3(C)C2C1. The first kappa shape index (κ1) is 47.0. The highest BCUT2D eigenvalue weighted by molar-refractivity contribution is 6.02. The third-order valence-electron chi connectivity index (χ3n) is 25.1. The van der Waals surface area contributed by atoms with E-state index in [1.807, 2.05) is 6.92 Å². The number of carbonyl (C=O) groups is 3. The fourth-order valence-electron chi connectivity index (χ4n) is 19.8. The molecule has 8 nitrogen and oxygen atoms in total. The lowest BCUT2D eigenvalue weighted by molar-refractivity contribution is -0.236. The standard InChI is InChI=1S/C60H82O8/c1-35-36-15-17-41-53(6,25-29-57(10)43-33-51(4,47(62)65-13)21-19-49(43,2)23-27-55(41,57)8)38(36)31-40-46(35)68-60(64)45(61)32-39-37(59(60,12)67-40)16-18-42-54(39,7)26-30-58(11)44-34-52(5,48(63)66-14)22-20-50(44,3)24-28-56(42,58)9/h15-17,31-32,41-44,64H,18-30,33-34H2,1-14H3/t41?,42?,43?,44-,49-,50-,51-,52-,53+,54+,55-,56-,57+,58+,59-,60+/m1/s1. The van der Waals surface area contributed by atoms with Gasteiger partial charge in [0, 0.05) is 16.6 Å². The van der Waals surface area contributed by atoms with Crippen LogP contribution in [0.2, 0.25) is 0 Å². The summed E-state index contributed by atoms with van der Waals surface area (Å²) < 4.78 is 25.0. The highest BCUT2D eigenvalue weighted by atomic mass is 16.7. The maximum absolute atomic E-state index is 14.9. The molecule has 0 spiro atoms. The first-order valence-corrected chi connectivity index (χ1v) is 26.7. The monoisotopic (exact) mass is 931 g/mol. The van der Waals surface area contributed by atoms with Crippen LogP contribution in [0.25, 0.3) is 6.08 Å². The van der Waals surface area contributed by atoms with E-state index in [-0.39, 0.29) is 67.1 Å². The van der Waals surface area contributed by atoms with Crippen LogP contribution in [0.15, 0.2) is 35.4 Å². The Kier molecular flexibility index (Phi) is 9.50. The summed E-state index contributed by atoms with van der Waals surface area (Å²) in [5.41, 5.74) is 2.45. The number of benzene rings is 1. The van der Waals surface area contributed by atoms with E-state index in [4.69, 9.17) is 18.9 Å². The van der Waals surface area contributed by atoms with Crippen molar-refractivity contribution in [2.45, 2.75) is 196 Å². The van der Waals surface area contributed by atoms with Gasteiger partial charge in [0.25, 0.3) is 0 Å². The van der Waals surface area contributed by atoms with Gasteiger partial charge >= 0.3 is 17.7 Å². The summed E-state index contributed by atoms with van der Waals surface area (Å²) in [6, 6.07) is 2.22. The summed E-state index contributed by atoms with van der Waals surface area (Å²) in [7, 11) is 3.08. The molecule has 370 valence electrons. The number of rotatable bonds is 2. The van der Waals surface area contributed by atoms with E-state index in [1.54, 1.807) is 13.2 Å². The Morgan fingerprint density at radius 3 is 1.71 bits per heavy atom. The van der Waals surface area contributed by atoms with Crippen molar-refractivity contribution in [2.24, 2.45) is 72.4 Å². The predicted octanol–water partition coefficient (Wildman–Crippen LogP) is 12.7. The van der Waals surface area contributed by atoms with Crippen molar-refractivity contribution in [3.05, 3.63) is 52.1 Å². The van der Waals surface area contributed by atoms with Crippen LogP contribution in [0, 0.1) is 79.3 Å². The van der Waals surface area contributed by atoms with E-state index in [1.165, 1.54) is 12.7 Å². The number of methoxy groups -OCH3 is 2. The van der Waals surface area contributed by atoms with Gasteiger partial charge in [-0.05, 0) is 214 Å². The number of ether oxygens (including phenoxy) is 4. The zero-order chi connectivity index (χ0) is 49.1.